The van der Waals surface area contributed by atoms with Crippen molar-refractivity contribution in [1.29, 1.82) is 0 Å². The minimum Gasteiger partial charge on any atom is -0.370 e. The van der Waals surface area contributed by atoms with Gasteiger partial charge in [0.2, 0.25) is 5.91 Å². The minimum atomic E-state index is -0.459. The molecule has 0 spiro atoms. The number of carbonyl (C=O) groups is 1. The molecule has 1 heterocycles. The van der Waals surface area contributed by atoms with Crippen molar-refractivity contribution < 1.29 is 4.79 Å². The maximum Gasteiger partial charge on any atom is 0.292 e. The van der Waals surface area contributed by atoms with E-state index in [4.69, 9.17) is 18.0 Å². The summed E-state index contributed by atoms with van der Waals surface area (Å²) in [5, 5.41) is 8.97. The predicted molar refractivity (Wildman–Crippen MR) is 64.9 cm³/mol. The van der Waals surface area contributed by atoms with E-state index in [0.29, 0.717) is 0 Å². The number of nitrogens with zero attached hydrogens (tertiary/aromatic N) is 2. The van der Waals surface area contributed by atoms with Gasteiger partial charge in [0.25, 0.3) is 5.56 Å². The summed E-state index contributed by atoms with van der Waals surface area (Å²) >= 11 is 5.81. The van der Waals surface area contributed by atoms with Crippen LogP contribution in [0.15, 0.2) is 11.0 Å². The van der Waals surface area contributed by atoms with Gasteiger partial charge in [-0.2, -0.15) is 5.10 Å². The van der Waals surface area contributed by atoms with Gasteiger partial charge >= 0.3 is 0 Å². The molecule has 17 heavy (non-hydrogen) atoms. The lowest BCUT2D eigenvalue weighted by atomic mass is 10.4. The number of amides is 1. The number of nitrogens with one attached hydrogen (secondary N) is 2. The van der Waals surface area contributed by atoms with E-state index in [1.165, 1.54) is 13.2 Å². The zero-order chi connectivity index (χ0) is 12.8. The van der Waals surface area contributed by atoms with Crippen LogP contribution in [-0.4, -0.2) is 29.3 Å². The van der Waals surface area contributed by atoms with Gasteiger partial charge in [0.15, 0.2) is 0 Å². The van der Waals surface area contributed by atoms with E-state index in [-0.39, 0.29) is 29.7 Å². The van der Waals surface area contributed by atoms with Crippen LogP contribution in [-0.2, 0) is 11.3 Å². The van der Waals surface area contributed by atoms with Gasteiger partial charge < -0.3 is 10.6 Å². The first-order valence-corrected chi connectivity index (χ1v) is 5.11. The molecular weight excluding hydrogens is 244 g/mol. The smallest absolute Gasteiger partial charge is 0.292 e. The van der Waals surface area contributed by atoms with E-state index in [9.17, 15) is 9.59 Å². The second kappa shape index (κ2) is 5.92. The van der Waals surface area contributed by atoms with Crippen molar-refractivity contribution in [3.63, 3.8) is 0 Å². The SMILES string of the molecule is C#CCn1ncc(Cl)c(NCC(=O)NC)c1=O. The molecule has 1 rings (SSSR count). The predicted octanol–water partition coefficient (Wildman–Crippen LogP) is -0.312. The quantitative estimate of drug-likeness (QED) is 0.723. The molecule has 0 saturated heterocycles. The molecule has 6 nitrogen and oxygen atoms in total. The third kappa shape index (κ3) is 3.23. The average Bonchev–Trinajstić information content (AvgIpc) is 2.32. The molecule has 0 unspecified atom stereocenters. The number of rotatable bonds is 4. The summed E-state index contributed by atoms with van der Waals surface area (Å²) < 4.78 is 1.08. The molecule has 0 aliphatic heterocycles. The van der Waals surface area contributed by atoms with Gasteiger partial charge in [-0.05, 0) is 0 Å². The first-order chi connectivity index (χ1) is 8.10. The monoisotopic (exact) mass is 254 g/mol. The average molecular weight is 255 g/mol. The van der Waals surface area contributed by atoms with Crippen molar-refractivity contribution in [1.82, 2.24) is 15.1 Å². The van der Waals surface area contributed by atoms with Crippen molar-refractivity contribution in [3.05, 3.63) is 21.6 Å². The Hall–Kier alpha value is -2.00. The Morgan fingerprint density at radius 1 is 1.71 bits per heavy atom. The molecule has 0 radical (unpaired) electrons. The number of hydrogen-bond donors (Lipinski definition) is 2. The number of terminal acetylenes is 1. The fourth-order valence-corrected chi connectivity index (χ4v) is 1.28. The Bertz CT molecular complexity index is 518. The number of aromatic nitrogens is 2. The molecule has 0 fully saturated rings. The molecule has 0 aliphatic rings. The molecule has 0 saturated carbocycles. The lowest BCUT2D eigenvalue weighted by Crippen LogP contribution is -2.31. The van der Waals surface area contributed by atoms with Gasteiger partial charge in [0, 0.05) is 7.05 Å². The van der Waals surface area contributed by atoms with Crippen molar-refractivity contribution in [3.8, 4) is 12.3 Å². The highest BCUT2D eigenvalue weighted by Crippen LogP contribution is 2.14. The normalized spacial score (nSPS) is 9.47. The highest BCUT2D eigenvalue weighted by atomic mass is 35.5. The molecule has 0 aromatic carbocycles. The fraction of sp³-hybridized carbons (Fsp3) is 0.300. The summed E-state index contributed by atoms with van der Waals surface area (Å²) in [7, 11) is 1.49. The summed E-state index contributed by atoms with van der Waals surface area (Å²) in [6.45, 7) is -0.00379. The standard InChI is InChI=1S/C10H11ClN4O2/c1-3-4-15-10(17)9(7(11)5-14-15)13-6-8(16)12-2/h1,5,13H,4,6H2,2H3,(H,12,16). The third-order valence-corrected chi connectivity index (χ3v) is 2.23. The largest absolute Gasteiger partial charge is 0.370 e. The number of anilines is 1. The first-order valence-electron chi connectivity index (χ1n) is 4.73. The lowest BCUT2D eigenvalue weighted by molar-refractivity contribution is -0.118. The van der Waals surface area contributed by atoms with E-state index in [0.717, 1.165) is 4.68 Å². The number of halogens is 1. The van der Waals surface area contributed by atoms with E-state index < -0.39 is 5.56 Å². The van der Waals surface area contributed by atoms with E-state index in [1.54, 1.807) is 0 Å². The first kappa shape index (κ1) is 13.1. The molecule has 90 valence electrons. The van der Waals surface area contributed by atoms with Gasteiger partial charge in [-0.3, -0.25) is 9.59 Å². The summed E-state index contributed by atoms with van der Waals surface area (Å²) in [5.74, 6) is 2.03. The Morgan fingerprint density at radius 3 is 3.00 bits per heavy atom. The van der Waals surface area contributed by atoms with Crippen LogP contribution >= 0.6 is 11.6 Å². The zero-order valence-corrected chi connectivity index (χ0v) is 9.91. The second-order valence-electron chi connectivity index (χ2n) is 3.06. The molecule has 7 heteroatoms. The highest BCUT2D eigenvalue weighted by Gasteiger charge is 2.10. The second-order valence-corrected chi connectivity index (χ2v) is 3.47. The van der Waals surface area contributed by atoms with E-state index in [2.05, 4.69) is 21.7 Å². The maximum absolute atomic E-state index is 11.8. The number of hydrogen-bond acceptors (Lipinski definition) is 4. The van der Waals surface area contributed by atoms with Crippen LogP contribution in [0.1, 0.15) is 0 Å². The van der Waals surface area contributed by atoms with Crippen LogP contribution in [0.4, 0.5) is 5.69 Å². The fourth-order valence-electron chi connectivity index (χ4n) is 1.08. The third-order valence-electron chi connectivity index (χ3n) is 1.94. The summed E-state index contributed by atoms with van der Waals surface area (Å²) in [5.41, 5.74) is -0.347. The Kier molecular flexibility index (Phi) is 4.55. The van der Waals surface area contributed by atoms with Gasteiger partial charge in [-0.1, -0.05) is 17.5 Å². The molecule has 1 aromatic rings. The van der Waals surface area contributed by atoms with E-state index in [1.807, 2.05) is 0 Å². The van der Waals surface area contributed by atoms with Gasteiger partial charge in [0.1, 0.15) is 12.2 Å². The molecule has 1 amide bonds. The lowest BCUT2D eigenvalue weighted by Gasteiger charge is -2.08. The maximum atomic E-state index is 11.8. The van der Waals surface area contributed by atoms with Gasteiger partial charge in [-0.25, -0.2) is 4.68 Å². The Balaban J connectivity index is 2.98. The van der Waals surface area contributed by atoms with Gasteiger partial charge in [-0.15, -0.1) is 6.42 Å². The van der Waals surface area contributed by atoms with Crippen molar-refractivity contribution in [2.45, 2.75) is 6.54 Å². The molecular formula is C10H11ClN4O2. The molecule has 0 atom stereocenters. The van der Waals surface area contributed by atoms with Crippen LogP contribution in [0.3, 0.4) is 0 Å². The van der Waals surface area contributed by atoms with Gasteiger partial charge in [0.05, 0.1) is 17.8 Å². The van der Waals surface area contributed by atoms with Crippen LogP contribution < -0.4 is 16.2 Å². The molecule has 0 aliphatic carbocycles. The van der Waals surface area contributed by atoms with Crippen molar-refractivity contribution in [2.24, 2.45) is 0 Å². The zero-order valence-electron chi connectivity index (χ0n) is 9.16. The number of carbonyl (C=O) groups excluding carboxylic acids is 1. The van der Waals surface area contributed by atoms with E-state index >= 15 is 0 Å². The highest BCUT2D eigenvalue weighted by molar-refractivity contribution is 6.33. The molecule has 0 bridgehead atoms. The molecule has 1 aromatic heterocycles. The van der Waals surface area contributed by atoms with Crippen LogP contribution in [0.2, 0.25) is 5.02 Å². The summed E-state index contributed by atoms with van der Waals surface area (Å²) in [4.78, 5) is 22.9. The van der Waals surface area contributed by atoms with Crippen LogP contribution in [0.5, 0.6) is 0 Å². The summed E-state index contributed by atoms with van der Waals surface area (Å²) in [6, 6.07) is 0. The van der Waals surface area contributed by atoms with Crippen molar-refractivity contribution in [2.75, 3.05) is 18.9 Å². The Labute approximate surface area is 103 Å². The number of likely N-dealkylation sites (N-methyl/N-ethyl adjacent to an activating group) is 1. The minimum absolute atomic E-state index is 0.0463. The van der Waals surface area contributed by atoms with Crippen LogP contribution in [0, 0.1) is 12.3 Å². The van der Waals surface area contributed by atoms with Crippen molar-refractivity contribution >= 4 is 23.2 Å². The molecule has 2 N–H and O–H groups in total. The van der Waals surface area contributed by atoms with Crippen LogP contribution in [0.25, 0.3) is 0 Å². The Morgan fingerprint density at radius 2 is 2.41 bits per heavy atom. The summed E-state index contributed by atoms with van der Waals surface area (Å²) in [6.07, 6.45) is 6.39. The topological polar surface area (TPSA) is 76.0 Å².